The van der Waals surface area contributed by atoms with Gasteiger partial charge in [0.1, 0.15) is 6.17 Å². The van der Waals surface area contributed by atoms with Crippen LogP contribution in [0.5, 0.6) is 0 Å². The van der Waals surface area contributed by atoms with E-state index in [9.17, 15) is 4.79 Å². The Hall–Kier alpha value is -2.28. The number of ether oxygens (including phenoxy) is 1. The highest BCUT2D eigenvalue weighted by atomic mass is 16.5. The molecule has 2 heterocycles. The van der Waals surface area contributed by atoms with E-state index in [4.69, 9.17) is 15.6 Å². The molecule has 2 fully saturated rings. The first kappa shape index (κ1) is 17.5. The molecule has 2 atom stereocenters. The quantitative estimate of drug-likeness (QED) is 0.637. The second-order valence-electron chi connectivity index (χ2n) is 6.71. The number of amidine groups is 1. The molecule has 25 heavy (non-hydrogen) atoms. The number of nitrogens with two attached hydrogens (primary N) is 1. The van der Waals surface area contributed by atoms with Crippen molar-refractivity contribution in [1.82, 2.24) is 0 Å². The minimum Gasteiger partial charge on any atom is -0.475 e. The summed E-state index contributed by atoms with van der Waals surface area (Å²) in [6, 6.07) is 8.24. The van der Waals surface area contributed by atoms with Crippen molar-refractivity contribution in [3.8, 4) is 0 Å². The molecule has 2 unspecified atom stereocenters. The lowest BCUT2D eigenvalue weighted by atomic mass is 9.95. The number of anilines is 2. The van der Waals surface area contributed by atoms with Crippen LogP contribution in [0.15, 0.2) is 29.3 Å². The zero-order valence-corrected chi connectivity index (χ0v) is 14.6. The molecule has 0 amide bonds. The monoisotopic (exact) mass is 346 g/mol. The van der Waals surface area contributed by atoms with Gasteiger partial charge in [-0.3, -0.25) is 0 Å². The van der Waals surface area contributed by atoms with Crippen molar-refractivity contribution >= 4 is 23.2 Å². The number of carboxylic acid groups (broad SMARTS) is 1. The number of carbonyl (C=O) groups is 1. The number of hydrogen-bond donors (Lipinski definition) is 2. The van der Waals surface area contributed by atoms with Crippen LogP contribution in [0.4, 0.5) is 11.4 Å². The Bertz CT molecular complexity index is 643. The van der Waals surface area contributed by atoms with Crippen molar-refractivity contribution in [2.24, 2.45) is 16.6 Å². The fourth-order valence-corrected chi connectivity index (χ4v) is 3.51. The number of benzene rings is 1. The third kappa shape index (κ3) is 4.04. The van der Waals surface area contributed by atoms with E-state index >= 15 is 0 Å². The van der Waals surface area contributed by atoms with E-state index in [1.54, 1.807) is 0 Å². The zero-order chi connectivity index (χ0) is 17.8. The predicted octanol–water partition coefficient (Wildman–Crippen LogP) is 1.53. The van der Waals surface area contributed by atoms with E-state index in [2.05, 4.69) is 33.8 Å². The minimum atomic E-state index is -1.17. The number of nitrogens with zero attached hydrogens (tertiary/aromatic N) is 3. The Balaban J connectivity index is 1.92. The first-order chi connectivity index (χ1) is 12.1. The molecule has 136 valence electrons. The first-order valence-corrected chi connectivity index (χ1v) is 8.81. The molecule has 7 nitrogen and oxygen atoms in total. The van der Waals surface area contributed by atoms with Crippen LogP contribution >= 0.6 is 0 Å². The van der Waals surface area contributed by atoms with Crippen LogP contribution < -0.4 is 15.5 Å². The molecule has 0 spiro atoms. The molecule has 0 aromatic heterocycles. The number of carboxylic acids is 1. The summed E-state index contributed by atoms with van der Waals surface area (Å²) in [6.45, 7) is 6.16. The standard InChI is InChI=1S/C18H26N4O3/c1-13-6-7-22(16(12-13)20-17(19)18(23)24)15-5-3-2-4-14(15)21-8-10-25-11-9-21/h2-5,13,16H,6-12H2,1H3,(H2,19,20)(H,23,24). The summed E-state index contributed by atoms with van der Waals surface area (Å²) in [5.74, 6) is -1.00. The lowest BCUT2D eigenvalue weighted by Gasteiger charge is -2.41. The maximum atomic E-state index is 11.1. The average Bonchev–Trinajstić information content (AvgIpc) is 2.62. The number of rotatable bonds is 3. The number of piperidine rings is 1. The van der Waals surface area contributed by atoms with Gasteiger partial charge in [-0.05, 0) is 30.9 Å². The van der Waals surface area contributed by atoms with Crippen molar-refractivity contribution in [3.63, 3.8) is 0 Å². The average molecular weight is 346 g/mol. The van der Waals surface area contributed by atoms with E-state index in [1.165, 1.54) is 0 Å². The van der Waals surface area contributed by atoms with Gasteiger partial charge in [-0.25, -0.2) is 9.79 Å². The topological polar surface area (TPSA) is 91.4 Å². The molecule has 1 aromatic rings. The molecule has 0 aliphatic carbocycles. The number of morpholine rings is 1. The van der Waals surface area contributed by atoms with Gasteiger partial charge in [-0.1, -0.05) is 19.1 Å². The highest BCUT2D eigenvalue weighted by molar-refractivity contribution is 6.33. The molecule has 7 heteroatoms. The molecule has 2 aliphatic heterocycles. The molecule has 3 N–H and O–H groups in total. The van der Waals surface area contributed by atoms with Gasteiger partial charge >= 0.3 is 5.97 Å². The number of para-hydroxylation sites is 2. The van der Waals surface area contributed by atoms with Crippen LogP contribution in [-0.4, -0.2) is 55.9 Å². The number of aliphatic carboxylic acids is 1. The fraction of sp³-hybridized carbons (Fsp3) is 0.556. The Morgan fingerprint density at radius 1 is 1.24 bits per heavy atom. The van der Waals surface area contributed by atoms with Gasteiger partial charge in [0.05, 0.1) is 24.6 Å². The maximum Gasteiger partial charge on any atom is 0.371 e. The highest BCUT2D eigenvalue weighted by Gasteiger charge is 2.29. The van der Waals surface area contributed by atoms with Crippen LogP contribution in [-0.2, 0) is 9.53 Å². The minimum absolute atomic E-state index is 0.248. The van der Waals surface area contributed by atoms with Gasteiger partial charge in [0, 0.05) is 19.6 Å². The third-order valence-electron chi connectivity index (χ3n) is 4.89. The van der Waals surface area contributed by atoms with Crippen LogP contribution in [0.1, 0.15) is 19.8 Å². The molecule has 2 saturated heterocycles. The smallest absolute Gasteiger partial charge is 0.371 e. The molecule has 0 saturated carbocycles. The van der Waals surface area contributed by atoms with Crippen LogP contribution in [0, 0.1) is 5.92 Å². The van der Waals surface area contributed by atoms with Crippen molar-refractivity contribution in [2.45, 2.75) is 25.9 Å². The van der Waals surface area contributed by atoms with Gasteiger partial charge in [-0.2, -0.15) is 0 Å². The van der Waals surface area contributed by atoms with Crippen molar-refractivity contribution < 1.29 is 14.6 Å². The lowest BCUT2D eigenvalue weighted by Crippen LogP contribution is -2.44. The Morgan fingerprint density at radius 2 is 1.92 bits per heavy atom. The van der Waals surface area contributed by atoms with Crippen molar-refractivity contribution in [3.05, 3.63) is 24.3 Å². The largest absolute Gasteiger partial charge is 0.475 e. The van der Waals surface area contributed by atoms with Crippen LogP contribution in [0.25, 0.3) is 0 Å². The highest BCUT2D eigenvalue weighted by Crippen LogP contribution is 2.35. The molecule has 1 aromatic carbocycles. The fourth-order valence-electron chi connectivity index (χ4n) is 3.51. The first-order valence-electron chi connectivity index (χ1n) is 8.81. The van der Waals surface area contributed by atoms with Crippen molar-refractivity contribution in [1.29, 1.82) is 0 Å². The molecule has 0 radical (unpaired) electrons. The van der Waals surface area contributed by atoms with E-state index < -0.39 is 5.97 Å². The van der Waals surface area contributed by atoms with Crippen LogP contribution in [0.2, 0.25) is 0 Å². The summed E-state index contributed by atoms with van der Waals surface area (Å²) in [7, 11) is 0. The van der Waals surface area contributed by atoms with E-state index in [1.807, 2.05) is 12.1 Å². The predicted molar refractivity (Wildman–Crippen MR) is 98.3 cm³/mol. The number of hydrogen-bond acceptors (Lipinski definition) is 5. The Labute approximate surface area is 148 Å². The number of aliphatic imine (C=N–C) groups is 1. The van der Waals surface area contributed by atoms with Crippen molar-refractivity contribution in [2.75, 3.05) is 42.6 Å². The lowest BCUT2D eigenvalue weighted by molar-refractivity contribution is -0.129. The summed E-state index contributed by atoms with van der Waals surface area (Å²) < 4.78 is 5.46. The van der Waals surface area contributed by atoms with Gasteiger partial charge in [0.2, 0.25) is 5.84 Å². The normalized spacial score (nSPS) is 25.1. The van der Waals surface area contributed by atoms with E-state index in [0.29, 0.717) is 5.92 Å². The third-order valence-corrected chi connectivity index (χ3v) is 4.89. The van der Waals surface area contributed by atoms with Gasteiger partial charge in [0.15, 0.2) is 0 Å². The van der Waals surface area contributed by atoms with E-state index in [-0.39, 0.29) is 12.0 Å². The summed E-state index contributed by atoms with van der Waals surface area (Å²) in [6.07, 6.45) is 1.60. The van der Waals surface area contributed by atoms with Gasteiger partial charge in [0.25, 0.3) is 0 Å². The Morgan fingerprint density at radius 3 is 2.60 bits per heavy atom. The van der Waals surface area contributed by atoms with Crippen LogP contribution in [0.3, 0.4) is 0 Å². The van der Waals surface area contributed by atoms with E-state index in [0.717, 1.165) is 57.1 Å². The molecule has 3 rings (SSSR count). The summed E-state index contributed by atoms with van der Waals surface area (Å²) in [5, 5.41) is 9.10. The maximum absolute atomic E-state index is 11.1. The second kappa shape index (κ2) is 7.74. The molecular weight excluding hydrogens is 320 g/mol. The van der Waals surface area contributed by atoms with Gasteiger partial charge < -0.3 is 25.4 Å². The summed E-state index contributed by atoms with van der Waals surface area (Å²) in [5.41, 5.74) is 7.84. The molecule has 0 bridgehead atoms. The zero-order valence-electron chi connectivity index (χ0n) is 14.6. The summed E-state index contributed by atoms with van der Waals surface area (Å²) in [4.78, 5) is 19.9. The molecular formula is C18H26N4O3. The molecule has 2 aliphatic rings. The summed E-state index contributed by atoms with van der Waals surface area (Å²) >= 11 is 0. The van der Waals surface area contributed by atoms with Gasteiger partial charge in [-0.15, -0.1) is 0 Å². The second-order valence-corrected chi connectivity index (χ2v) is 6.71. The Kier molecular flexibility index (Phi) is 5.43. The SMILES string of the molecule is CC1CCN(c2ccccc2N2CCOCC2)C(/N=C(\N)C(=O)O)C1.